The van der Waals surface area contributed by atoms with E-state index in [1.807, 2.05) is 0 Å². The number of carbonyl (C=O) groups is 1. The van der Waals surface area contributed by atoms with Crippen LogP contribution >= 0.6 is 0 Å². The minimum absolute atomic E-state index is 0.107. The summed E-state index contributed by atoms with van der Waals surface area (Å²) in [5.41, 5.74) is 5.31. The molecule has 0 fully saturated rings. The van der Waals surface area contributed by atoms with Crippen molar-refractivity contribution in [2.75, 3.05) is 0 Å². The van der Waals surface area contributed by atoms with Crippen molar-refractivity contribution in [3.63, 3.8) is 0 Å². The molecule has 5 heteroatoms. The van der Waals surface area contributed by atoms with Gasteiger partial charge in [0.15, 0.2) is 0 Å². The van der Waals surface area contributed by atoms with Gasteiger partial charge in [-0.3, -0.25) is 9.48 Å². The number of nitrogens with two attached hydrogens (primary N) is 1. The number of rotatable bonds is 2. The van der Waals surface area contributed by atoms with Crippen molar-refractivity contribution in [1.82, 2.24) is 9.78 Å². The summed E-state index contributed by atoms with van der Waals surface area (Å²) >= 11 is 0. The van der Waals surface area contributed by atoms with Crippen LogP contribution < -0.4 is 5.73 Å². The van der Waals surface area contributed by atoms with Crippen molar-refractivity contribution >= 4 is 16.8 Å². The first-order valence-electron chi connectivity index (χ1n) is 4.07. The second kappa shape index (κ2) is 3.10. The van der Waals surface area contributed by atoms with Crippen LogP contribution in [0.4, 0.5) is 4.39 Å². The Balaban J connectivity index is 2.61. The van der Waals surface area contributed by atoms with Gasteiger partial charge >= 0.3 is 0 Å². The molecule has 0 bridgehead atoms. The van der Waals surface area contributed by atoms with Crippen molar-refractivity contribution in [3.8, 4) is 0 Å². The topological polar surface area (TPSA) is 60.9 Å². The number of benzene rings is 1. The van der Waals surface area contributed by atoms with Crippen molar-refractivity contribution in [1.29, 1.82) is 0 Å². The highest BCUT2D eigenvalue weighted by Gasteiger charge is 2.08. The number of hydrogen-bond acceptors (Lipinski definition) is 2. The van der Waals surface area contributed by atoms with E-state index in [2.05, 4.69) is 5.10 Å². The molecule has 0 unspecified atom stereocenters. The van der Waals surface area contributed by atoms with Crippen molar-refractivity contribution in [2.45, 2.75) is 6.54 Å². The first-order valence-corrected chi connectivity index (χ1v) is 4.07. The van der Waals surface area contributed by atoms with E-state index in [-0.39, 0.29) is 6.54 Å². The molecule has 0 aliphatic heterocycles. The summed E-state index contributed by atoms with van der Waals surface area (Å²) in [5.74, 6) is -0.945. The van der Waals surface area contributed by atoms with Gasteiger partial charge in [-0.2, -0.15) is 5.10 Å². The number of halogens is 1. The number of hydrogen-bond donors (Lipinski definition) is 1. The van der Waals surface area contributed by atoms with Crippen LogP contribution in [0.1, 0.15) is 0 Å². The molecule has 1 heterocycles. The quantitative estimate of drug-likeness (QED) is 0.761. The van der Waals surface area contributed by atoms with E-state index in [1.165, 1.54) is 16.9 Å². The highest BCUT2D eigenvalue weighted by molar-refractivity contribution is 5.81. The zero-order chi connectivity index (χ0) is 10.1. The molecule has 72 valence electrons. The molecule has 14 heavy (non-hydrogen) atoms. The average Bonchev–Trinajstić information content (AvgIpc) is 2.49. The van der Waals surface area contributed by atoms with Crippen LogP contribution in [0, 0.1) is 5.82 Å². The second-order valence-electron chi connectivity index (χ2n) is 2.95. The van der Waals surface area contributed by atoms with Gasteiger partial charge in [-0.25, -0.2) is 4.39 Å². The van der Waals surface area contributed by atoms with Crippen molar-refractivity contribution in [2.24, 2.45) is 5.73 Å². The fourth-order valence-corrected chi connectivity index (χ4v) is 1.37. The number of para-hydroxylation sites is 1. The third-order valence-corrected chi connectivity index (χ3v) is 1.92. The van der Waals surface area contributed by atoms with Gasteiger partial charge in [0.2, 0.25) is 5.91 Å². The number of fused-ring (bicyclic) bond motifs is 1. The van der Waals surface area contributed by atoms with Gasteiger partial charge in [-0.15, -0.1) is 0 Å². The summed E-state index contributed by atoms with van der Waals surface area (Å²) in [4.78, 5) is 10.7. The van der Waals surface area contributed by atoms with E-state index in [0.29, 0.717) is 10.9 Å². The average molecular weight is 193 g/mol. The standard InChI is InChI=1S/C9H8FN3O/c10-7-3-1-2-6-4-12-13(9(6)7)5-8(11)14/h1-4H,5H2,(H2,11,14). The van der Waals surface area contributed by atoms with Gasteiger partial charge in [0.25, 0.3) is 0 Å². The lowest BCUT2D eigenvalue weighted by molar-refractivity contribution is -0.118. The molecule has 0 aliphatic rings. The van der Waals surface area contributed by atoms with Crippen LogP contribution in [0.5, 0.6) is 0 Å². The van der Waals surface area contributed by atoms with Gasteiger partial charge in [-0.1, -0.05) is 12.1 Å². The van der Waals surface area contributed by atoms with Crippen molar-refractivity contribution in [3.05, 3.63) is 30.2 Å². The Kier molecular flexibility index (Phi) is 1.92. The van der Waals surface area contributed by atoms with E-state index in [4.69, 9.17) is 5.73 Å². The van der Waals surface area contributed by atoms with E-state index in [0.717, 1.165) is 0 Å². The van der Waals surface area contributed by atoms with E-state index in [1.54, 1.807) is 12.1 Å². The van der Waals surface area contributed by atoms with Gasteiger partial charge in [0, 0.05) is 5.39 Å². The number of amides is 1. The molecule has 1 aromatic heterocycles. The monoisotopic (exact) mass is 193 g/mol. The maximum Gasteiger partial charge on any atom is 0.239 e. The zero-order valence-electron chi connectivity index (χ0n) is 7.27. The number of primary amides is 1. The maximum absolute atomic E-state index is 13.3. The van der Waals surface area contributed by atoms with Gasteiger partial charge in [0.1, 0.15) is 17.9 Å². The largest absolute Gasteiger partial charge is 0.368 e. The van der Waals surface area contributed by atoms with Crippen LogP contribution in [0.15, 0.2) is 24.4 Å². The molecule has 0 radical (unpaired) electrons. The van der Waals surface area contributed by atoms with E-state index >= 15 is 0 Å². The van der Waals surface area contributed by atoms with Crippen LogP contribution in [0.3, 0.4) is 0 Å². The first-order chi connectivity index (χ1) is 6.68. The third-order valence-electron chi connectivity index (χ3n) is 1.92. The van der Waals surface area contributed by atoms with E-state index in [9.17, 15) is 9.18 Å². The van der Waals surface area contributed by atoms with Gasteiger partial charge in [0.05, 0.1) is 6.20 Å². The summed E-state index contributed by atoms with van der Waals surface area (Å²) in [6, 6.07) is 4.64. The summed E-state index contributed by atoms with van der Waals surface area (Å²) < 4.78 is 14.6. The highest BCUT2D eigenvalue weighted by atomic mass is 19.1. The predicted molar refractivity (Wildman–Crippen MR) is 48.9 cm³/mol. The summed E-state index contributed by atoms with van der Waals surface area (Å²) in [6.07, 6.45) is 1.50. The number of carbonyl (C=O) groups excluding carboxylic acids is 1. The minimum atomic E-state index is -0.543. The summed E-state index contributed by atoms with van der Waals surface area (Å²) in [5, 5.41) is 4.53. The van der Waals surface area contributed by atoms with Gasteiger partial charge in [-0.05, 0) is 6.07 Å². The molecule has 2 aromatic rings. The number of aromatic nitrogens is 2. The smallest absolute Gasteiger partial charge is 0.239 e. The van der Waals surface area contributed by atoms with E-state index < -0.39 is 11.7 Å². The van der Waals surface area contributed by atoms with Crippen LogP contribution in [-0.2, 0) is 11.3 Å². The van der Waals surface area contributed by atoms with Gasteiger partial charge < -0.3 is 5.73 Å². The molecule has 0 atom stereocenters. The molecule has 0 spiro atoms. The Morgan fingerprint density at radius 1 is 1.57 bits per heavy atom. The normalized spacial score (nSPS) is 10.6. The fourth-order valence-electron chi connectivity index (χ4n) is 1.37. The lowest BCUT2D eigenvalue weighted by Gasteiger charge is -2.00. The van der Waals surface area contributed by atoms with Crippen LogP contribution in [-0.4, -0.2) is 15.7 Å². The van der Waals surface area contributed by atoms with Crippen molar-refractivity contribution < 1.29 is 9.18 Å². The Labute approximate surface area is 79.1 Å². The fraction of sp³-hybridized carbons (Fsp3) is 0.111. The molecule has 0 saturated carbocycles. The zero-order valence-corrected chi connectivity index (χ0v) is 7.27. The Morgan fingerprint density at radius 2 is 2.36 bits per heavy atom. The Hall–Kier alpha value is -1.91. The molecular formula is C9H8FN3O. The third kappa shape index (κ3) is 1.32. The molecule has 1 amide bonds. The minimum Gasteiger partial charge on any atom is -0.368 e. The molecular weight excluding hydrogens is 185 g/mol. The molecule has 4 nitrogen and oxygen atoms in total. The first kappa shape index (κ1) is 8.68. The SMILES string of the molecule is NC(=O)Cn1ncc2cccc(F)c21. The Bertz CT molecular complexity index is 492. The molecule has 2 N–H and O–H groups in total. The summed E-state index contributed by atoms with van der Waals surface area (Å²) in [6.45, 7) is -0.107. The lowest BCUT2D eigenvalue weighted by atomic mass is 10.2. The second-order valence-corrected chi connectivity index (χ2v) is 2.95. The molecule has 1 aromatic carbocycles. The lowest BCUT2D eigenvalue weighted by Crippen LogP contribution is -2.19. The Morgan fingerprint density at radius 3 is 3.07 bits per heavy atom. The molecule has 0 aliphatic carbocycles. The summed E-state index contributed by atoms with van der Waals surface area (Å²) in [7, 11) is 0. The highest BCUT2D eigenvalue weighted by Crippen LogP contribution is 2.16. The molecule has 2 rings (SSSR count). The van der Waals surface area contributed by atoms with Crippen LogP contribution in [0.2, 0.25) is 0 Å². The van der Waals surface area contributed by atoms with Crippen LogP contribution in [0.25, 0.3) is 10.9 Å². The predicted octanol–water partition coefficient (Wildman–Crippen LogP) is 0.661. The molecule has 0 saturated heterocycles. The maximum atomic E-state index is 13.3. The number of nitrogens with zero attached hydrogens (tertiary/aromatic N) is 2.